The number of alkyl halides is 3. The molecule has 0 aliphatic carbocycles. The molecule has 0 N–H and O–H groups in total. The number of ether oxygens (including phenoxy) is 1. The van der Waals surface area contributed by atoms with Crippen LogP contribution in [0.5, 0.6) is 0 Å². The van der Waals surface area contributed by atoms with Crippen molar-refractivity contribution < 1.29 is 27.5 Å². The Hall–Kier alpha value is -2.84. The van der Waals surface area contributed by atoms with E-state index in [1.807, 2.05) is 6.92 Å². The number of esters is 1. The van der Waals surface area contributed by atoms with Gasteiger partial charge in [0.15, 0.2) is 0 Å². The first-order chi connectivity index (χ1) is 12.7. The summed E-state index contributed by atoms with van der Waals surface area (Å²) in [5.41, 5.74) is -0.0208. The second-order valence-electron chi connectivity index (χ2n) is 5.91. The van der Waals surface area contributed by atoms with Gasteiger partial charge >= 0.3 is 12.1 Å². The van der Waals surface area contributed by atoms with Gasteiger partial charge in [0.2, 0.25) is 0 Å². The largest absolute Gasteiger partial charge is 0.468 e. The van der Waals surface area contributed by atoms with Crippen LogP contribution in [0.15, 0.2) is 30.5 Å². The molecule has 2 rings (SSSR count). The number of nitrogens with zero attached hydrogens (tertiary/aromatic N) is 3. The van der Waals surface area contributed by atoms with Gasteiger partial charge in [0, 0.05) is 6.54 Å². The number of carbonyl (C=O) groups is 2. The van der Waals surface area contributed by atoms with Gasteiger partial charge in [-0.25, -0.2) is 4.68 Å². The summed E-state index contributed by atoms with van der Waals surface area (Å²) < 4.78 is 44.7. The molecule has 1 aromatic carbocycles. The molecule has 0 saturated heterocycles. The summed E-state index contributed by atoms with van der Waals surface area (Å²) >= 11 is 0. The number of hydrogen-bond donors (Lipinski definition) is 0. The standard InChI is InChI=1S/C18H20F3N3O3/c1-4-8-23(11-16(25)27-3)17(26)15-10-22-24(12(15)2)14-7-5-6-13(9-14)18(19,20)21/h5-7,9-10H,4,8,11H2,1-3H3. The van der Waals surface area contributed by atoms with Crippen molar-refractivity contribution in [2.24, 2.45) is 0 Å². The Morgan fingerprint density at radius 1 is 1.30 bits per heavy atom. The molecule has 0 saturated carbocycles. The van der Waals surface area contributed by atoms with Crippen molar-refractivity contribution in [3.05, 3.63) is 47.3 Å². The predicted molar refractivity (Wildman–Crippen MR) is 91.5 cm³/mol. The number of methoxy groups -OCH3 is 1. The minimum atomic E-state index is -4.48. The molecule has 0 fully saturated rings. The molecule has 0 atom stereocenters. The van der Waals surface area contributed by atoms with Crippen molar-refractivity contribution in [1.29, 1.82) is 0 Å². The van der Waals surface area contributed by atoms with Crippen molar-refractivity contribution in [2.45, 2.75) is 26.4 Å². The van der Waals surface area contributed by atoms with E-state index in [4.69, 9.17) is 0 Å². The maximum atomic E-state index is 12.9. The lowest BCUT2D eigenvalue weighted by Crippen LogP contribution is -2.37. The highest BCUT2D eigenvalue weighted by Gasteiger charge is 2.31. The van der Waals surface area contributed by atoms with E-state index >= 15 is 0 Å². The summed E-state index contributed by atoms with van der Waals surface area (Å²) in [5, 5.41) is 4.06. The molecule has 0 unspecified atom stereocenters. The number of amides is 1. The molecule has 0 aliphatic rings. The lowest BCUT2D eigenvalue weighted by Gasteiger charge is -2.20. The maximum Gasteiger partial charge on any atom is 0.416 e. The van der Waals surface area contributed by atoms with Crippen molar-refractivity contribution in [3.63, 3.8) is 0 Å². The first-order valence-electron chi connectivity index (χ1n) is 8.27. The molecule has 2 aromatic rings. The van der Waals surface area contributed by atoms with Crippen LogP contribution in [0.4, 0.5) is 13.2 Å². The molecule has 6 nitrogen and oxygen atoms in total. The van der Waals surface area contributed by atoms with Crippen molar-refractivity contribution in [1.82, 2.24) is 14.7 Å². The minimum Gasteiger partial charge on any atom is -0.468 e. The monoisotopic (exact) mass is 383 g/mol. The second kappa shape index (κ2) is 8.24. The van der Waals surface area contributed by atoms with E-state index in [0.717, 1.165) is 12.1 Å². The van der Waals surface area contributed by atoms with E-state index in [-0.39, 0.29) is 17.8 Å². The molecule has 1 heterocycles. The average Bonchev–Trinajstić information content (AvgIpc) is 3.01. The zero-order valence-electron chi connectivity index (χ0n) is 15.2. The molecule has 1 amide bonds. The summed E-state index contributed by atoms with van der Waals surface area (Å²) in [6.45, 7) is 3.57. The zero-order valence-corrected chi connectivity index (χ0v) is 15.2. The average molecular weight is 383 g/mol. The van der Waals surface area contributed by atoms with Crippen LogP contribution in [0.3, 0.4) is 0 Å². The number of halogens is 3. The SMILES string of the molecule is CCCN(CC(=O)OC)C(=O)c1cnn(-c2cccc(C(F)(F)F)c2)c1C. The minimum absolute atomic E-state index is 0.191. The molecule has 0 bridgehead atoms. The Morgan fingerprint density at radius 3 is 2.59 bits per heavy atom. The van der Waals surface area contributed by atoms with Gasteiger partial charge in [-0.3, -0.25) is 9.59 Å². The van der Waals surface area contributed by atoms with Crippen LogP contribution in [0.1, 0.15) is 35.0 Å². The van der Waals surface area contributed by atoms with Gasteiger partial charge < -0.3 is 9.64 Å². The number of rotatable bonds is 6. The van der Waals surface area contributed by atoms with Crippen LogP contribution >= 0.6 is 0 Å². The topological polar surface area (TPSA) is 64.4 Å². The van der Waals surface area contributed by atoms with Crippen molar-refractivity contribution in [2.75, 3.05) is 20.2 Å². The quantitative estimate of drug-likeness (QED) is 0.719. The Kier molecular flexibility index (Phi) is 6.24. The van der Waals surface area contributed by atoms with Gasteiger partial charge in [-0.05, 0) is 31.5 Å². The Morgan fingerprint density at radius 2 is 2.00 bits per heavy atom. The highest BCUT2D eigenvalue weighted by atomic mass is 19.4. The molecular formula is C18H20F3N3O3. The molecular weight excluding hydrogens is 363 g/mol. The number of hydrogen-bond acceptors (Lipinski definition) is 4. The van der Waals surface area contributed by atoms with Crippen LogP contribution in [-0.4, -0.2) is 46.8 Å². The molecule has 0 radical (unpaired) electrons. The number of aromatic nitrogens is 2. The Balaban J connectivity index is 2.36. The van der Waals surface area contributed by atoms with Crippen LogP contribution in [0.2, 0.25) is 0 Å². The Labute approximate surface area is 154 Å². The van der Waals surface area contributed by atoms with Gasteiger partial charge in [-0.2, -0.15) is 18.3 Å². The van der Waals surface area contributed by atoms with E-state index in [1.165, 1.54) is 35.0 Å². The fourth-order valence-electron chi connectivity index (χ4n) is 2.61. The van der Waals surface area contributed by atoms with Crippen LogP contribution < -0.4 is 0 Å². The number of benzene rings is 1. The maximum absolute atomic E-state index is 12.9. The fourth-order valence-corrected chi connectivity index (χ4v) is 2.61. The summed E-state index contributed by atoms with van der Waals surface area (Å²) in [4.78, 5) is 25.6. The van der Waals surface area contributed by atoms with Gasteiger partial charge in [-0.1, -0.05) is 13.0 Å². The van der Waals surface area contributed by atoms with Crippen LogP contribution in [0.25, 0.3) is 5.69 Å². The van der Waals surface area contributed by atoms with Crippen molar-refractivity contribution in [3.8, 4) is 5.69 Å². The molecule has 9 heteroatoms. The molecule has 27 heavy (non-hydrogen) atoms. The van der Waals surface area contributed by atoms with Crippen LogP contribution in [-0.2, 0) is 15.7 Å². The number of carbonyl (C=O) groups excluding carboxylic acids is 2. The Bertz CT molecular complexity index is 831. The van der Waals surface area contributed by atoms with Gasteiger partial charge in [0.25, 0.3) is 5.91 Å². The van der Waals surface area contributed by atoms with Gasteiger partial charge in [-0.15, -0.1) is 0 Å². The van der Waals surface area contributed by atoms with E-state index in [9.17, 15) is 22.8 Å². The third kappa shape index (κ3) is 4.66. The zero-order chi connectivity index (χ0) is 20.2. The molecule has 146 valence electrons. The van der Waals surface area contributed by atoms with E-state index in [2.05, 4.69) is 9.84 Å². The summed E-state index contributed by atoms with van der Waals surface area (Å²) in [6, 6.07) is 4.68. The highest BCUT2D eigenvalue weighted by molar-refractivity contribution is 5.96. The first kappa shape index (κ1) is 20.5. The van der Waals surface area contributed by atoms with Gasteiger partial charge in [0.1, 0.15) is 6.54 Å². The molecule has 0 aliphatic heterocycles. The summed E-state index contributed by atoms with van der Waals surface area (Å²) in [7, 11) is 1.23. The highest BCUT2D eigenvalue weighted by Crippen LogP contribution is 2.30. The lowest BCUT2D eigenvalue weighted by molar-refractivity contribution is -0.141. The summed E-state index contributed by atoms with van der Waals surface area (Å²) in [5.74, 6) is -0.988. The third-order valence-corrected chi connectivity index (χ3v) is 3.99. The second-order valence-corrected chi connectivity index (χ2v) is 5.91. The molecule has 0 spiro atoms. The smallest absolute Gasteiger partial charge is 0.416 e. The lowest BCUT2D eigenvalue weighted by atomic mass is 10.2. The first-order valence-corrected chi connectivity index (χ1v) is 8.27. The van der Waals surface area contributed by atoms with Crippen molar-refractivity contribution >= 4 is 11.9 Å². The fraction of sp³-hybridized carbons (Fsp3) is 0.389. The van der Waals surface area contributed by atoms with Crippen LogP contribution in [0, 0.1) is 6.92 Å². The normalized spacial score (nSPS) is 11.3. The predicted octanol–water partition coefficient (Wildman–Crippen LogP) is 3.22. The van der Waals surface area contributed by atoms with E-state index in [0.29, 0.717) is 18.7 Å². The molecule has 1 aromatic heterocycles. The van der Waals surface area contributed by atoms with E-state index < -0.39 is 23.6 Å². The van der Waals surface area contributed by atoms with E-state index in [1.54, 1.807) is 6.92 Å². The van der Waals surface area contributed by atoms with Gasteiger partial charge in [0.05, 0.1) is 35.8 Å². The third-order valence-electron chi connectivity index (χ3n) is 3.99. The summed E-state index contributed by atoms with van der Waals surface area (Å²) in [6.07, 6.45) is -2.56.